The fourth-order valence-electron chi connectivity index (χ4n) is 6.42. The van der Waals surface area contributed by atoms with Crippen molar-refractivity contribution < 1.29 is 39.2 Å². The molecule has 2 aliphatic carbocycles. The molecule has 45 heavy (non-hydrogen) atoms. The Morgan fingerprint density at radius 1 is 1.11 bits per heavy atom. The molecule has 0 aromatic heterocycles. The maximum atomic E-state index is 14.0. The first-order chi connectivity index (χ1) is 21.4. The number of ketones is 2. The van der Waals surface area contributed by atoms with Crippen molar-refractivity contribution in [1.29, 1.82) is 0 Å². The number of urea groups is 1. The lowest BCUT2D eigenvalue weighted by molar-refractivity contribution is -0.117. The van der Waals surface area contributed by atoms with Crippen molar-refractivity contribution in [1.82, 2.24) is 5.32 Å². The number of amides is 3. The van der Waals surface area contributed by atoms with E-state index in [2.05, 4.69) is 39.6 Å². The van der Waals surface area contributed by atoms with Crippen LogP contribution in [0.15, 0.2) is 36.4 Å². The van der Waals surface area contributed by atoms with Crippen LogP contribution in [0.2, 0.25) is 0 Å². The number of hydrogen-bond acceptors (Lipinski definition) is 10. The number of aromatic hydroxyl groups is 1. The molecule has 2 aromatic carbocycles. The van der Waals surface area contributed by atoms with Gasteiger partial charge in [-0.1, -0.05) is 23.7 Å². The standard InChI is InChI=1S/C32H29N5O8/c1-15(38)31-22-8-4-2-3-5-9-23(40)32(31,45-31)19-14-21(39)24-25(26(19)37-22)27(41)17-11-10-16(13-18(17)28(24)42)36-29(43)20(33)7-6-12-35-30(34)44/h2-3,10-11,13-15,20,22-23,37-40H,6-7,12,33H2,1H3,(H,36,43)(H3,34,35,44)/t15-,20+,22+,23-,31+,32+/m1/s1. The first kappa shape index (κ1) is 29.9. The normalized spacial score (nSPS) is 26.0. The number of rotatable bonds is 7. The van der Waals surface area contributed by atoms with Crippen LogP contribution in [0.1, 0.15) is 57.2 Å². The Morgan fingerprint density at radius 3 is 2.53 bits per heavy atom. The van der Waals surface area contributed by atoms with Gasteiger partial charge in [-0.3, -0.25) is 14.4 Å². The number of anilines is 2. The summed E-state index contributed by atoms with van der Waals surface area (Å²) in [5.41, 5.74) is 7.88. The Morgan fingerprint density at radius 2 is 1.82 bits per heavy atom. The summed E-state index contributed by atoms with van der Waals surface area (Å²) in [5.74, 6) is 8.81. The van der Waals surface area contributed by atoms with Crippen LogP contribution >= 0.6 is 0 Å². The van der Waals surface area contributed by atoms with Crippen LogP contribution in [0, 0.1) is 23.7 Å². The first-order valence-corrected chi connectivity index (χ1v) is 14.2. The van der Waals surface area contributed by atoms with Crippen molar-refractivity contribution >= 4 is 34.9 Å². The second kappa shape index (κ2) is 10.8. The van der Waals surface area contributed by atoms with E-state index >= 15 is 0 Å². The van der Waals surface area contributed by atoms with E-state index in [1.165, 1.54) is 43.3 Å². The van der Waals surface area contributed by atoms with Crippen LogP contribution < -0.4 is 27.4 Å². The van der Waals surface area contributed by atoms with Crippen LogP contribution in [-0.2, 0) is 15.1 Å². The lowest BCUT2D eigenvalue weighted by Crippen LogP contribution is -2.54. The van der Waals surface area contributed by atoms with Crippen LogP contribution in [-0.4, -0.2) is 75.3 Å². The SMILES string of the molecule is C[C@@H](O)[C@@]12O[C@]13c1cc(O)c4c(c1N[C@H]2C#CC=CC#C[C@H]3O)C(=O)c1ccc(NC(=O)[C@@H](N)CCCNC(N)=O)cc1C4=O. The summed E-state index contributed by atoms with van der Waals surface area (Å²) < 4.78 is 6.16. The minimum absolute atomic E-state index is 0.0204. The zero-order valence-electron chi connectivity index (χ0n) is 23.9. The van der Waals surface area contributed by atoms with Gasteiger partial charge in [0, 0.05) is 28.9 Å². The molecule has 6 rings (SSSR count). The van der Waals surface area contributed by atoms with Crippen molar-refractivity contribution in [2.45, 2.75) is 55.3 Å². The highest BCUT2D eigenvalue weighted by atomic mass is 16.7. The Kier molecular flexibility index (Phi) is 7.15. The lowest BCUT2D eigenvalue weighted by Gasteiger charge is -2.37. The number of allylic oxidation sites excluding steroid dienone is 2. The first-order valence-electron chi connectivity index (χ1n) is 14.2. The van der Waals surface area contributed by atoms with Gasteiger partial charge >= 0.3 is 6.03 Å². The van der Waals surface area contributed by atoms with E-state index in [0.717, 1.165) is 0 Å². The van der Waals surface area contributed by atoms with E-state index in [0.29, 0.717) is 6.42 Å². The number of benzene rings is 2. The fraction of sp³-hybridized carbons (Fsp3) is 0.312. The van der Waals surface area contributed by atoms with Crippen LogP contribution in [0.25, 0.3) is 0 Å². The van der Waals surface area contributed by atoms with Gasteiger partial charge in [0.05, 0.1) is 29.0 Å². The van der Waals surface area contributed by atoms with Crippen LogP contribution in [0.3, 0.4) is 0 Å². The minimum Gasteiger partial charge on any atom is -0.507 e. The molecule has 0 saturated carbocycles. The lowest BCUT2D eigenvalue weighted by atomic mass is 9.69. The number of nitrogens with two attached hydrogens (primary N) is 2. The van der Waals surface area contributed by atoms with E-state index in [-0.39, 0.29) is 52.2 Å². The molecule has 0 spiro atoms. The van der Waals surface area contributed by atoms with Gasteiger partial charge in [-0.2, -0.15) is 0 Å². The van der Waals surface area contributed by atoms with E-state index in [9.17, 15) is 34.5 Å². The molecule has 13 nitrogen and oxygen atoms in total. The second-order valence-electron chi connectivity index (χ2n) is 11.2. The molecule has 4 aliphatic rings. The maximum absolute atomic E-state index is 14.0. The largest absolute Gasteiger partial charge is 0.507 e. The third kappa shape index (κ3) is 4.44. The Hall–Kier alpha value is -5.18. The number of aliphatic hydroxyl groups excluding tert-OH is 2. The summed E-state index contributed by atoms with van der Waals surface area (Å²) in [5, 5.41) is 41.6. The average molecular weight is 612 g/mol. The molecule has 2 aliphatic heterocycles. The third-order valence-corrected chi connectivity index (χ3v) is 8.55. The highest BCUT2D eigenvalue weighted by Gasteiger charge is 2.82. The number of phenolic OH excluding ortho intramolecular Hbond substituents is 1. The smallest absolute Gasteiger partial charge is 0.312 e. The number of fused-ring (bicyclic) bond motifs is 4. The van der Waals surface area contributed by atoms with Gasteiger partial charge in [-0.15, -0.1) is 0 Å². The molecule has 2 heterocycles. The molecular formula is C32H29N5O8. The number of primary amides is 1. The van der Waals surface area contributed by atoms with Gasteiger partial charge in [0.15, 0.2) is 28.9 Å². The Labute approximate surface area is 257 Å². The summed E-state index contributed by atoms with van der Waals surface area (Å²) in [4.78, 5) is 51.4. The molecule has 3 amide bonds. The summed E-state index contributed by atoms with van der Waals surface area (Å²) in [6, 6.07) is 2.86. The number of nitrogens with one attached hydrogen (secondary N) is 3. The van der Waals surface area contributed by atoms with Gasteiger partial charge in [-0.05, 0) is 56.2 Å². The molecular weight excluding hydrogens is 582 g/mol. The number of phenols is 1. The number of epoxide rings is 1. The van der Waals surface area contributed by atoms with Gasteiger partial charge in [0.2, 0.25) is 5.91 Å². The molecule has 13 heteroatoms. The van der Waals surface area contributed by atoms with Crippen molar-refractivity contribution in [2.75, 3.05) is 17.2 Å². The van der Waals surface area contributed by atoms with Gasteiger partial charge < -0.3 is 47.5 Å². The third-order valence-electron chi connectivity index (χ3n) is 8.55. The van der Waals surface area contributed by atoms with E-state index in [1.54, 1.807) is 0 Å². The zero-order valence-corrected chi connectivity index (χ0v) is 23.9. The predicted octanol–water partition coefficient (Wildman–Crippen LogP) is -0.0414. The predicted molar refractivity (Wildman–Crippen MR) is 160 cm³/mol. The highest BCUT2D eigenvalue weighted by molar-refractivity contribution is 6.31. The summed E-state index contributed by atoms with van der Waals surface area (Å²) in [7, 11) is 0. The van der Waals surface area contributed by atoms with Crippen LogP contribution in [0.4, 0.5) is 16.2 Å². The Bertz CT molecular complexity index is 1850. The van der Waals surface area contributed by atoms with Crippen LogP contribution in [0.5, 0.6) is 5.75 Å². The summed E-state index contributed by atoms with van der Waals surface area (Å²) >= 11 is 0. The molecule has 230 valence electrons. The molecule has 2 aromatic rings. The highest BCUT2D eigenvalue weighted by Crippen LogP contribution is 2.67. The number of carbonyl (C=O) groups is 4. The number of carbonyl (C=O) groups excluding carboxylic acids is 4. The van der Waals surface area contributed by atoms with Gasteiger partial charge in [0.25, 0.3) is 0 Å². The minimum atomic E-state index is -1.67. The van der Waals surface area contributed by atoms with Crippen molar-refractivity contribution in [3.8, 4) is 29.4 Å². The molecule has 1 fully saturated rings. The number of ether oxygens (including phenoxy) is 1. The zero-order chi connectivity index (χ0) is 32.3. The molecule has 10 N–H and O–H groups in total. The van der Waals surface area contributed by atoms with E-state index in [1.807, 2.05) is 0 Å². The topological polar surface area (TPSA) is 230 Å². The monoisotopic (exact) mass is 611 g/mol. The molecule has 2 bridgehead atoms. The maximum Gasteiger partial charge on any atom is 0.312 e. The van der Waals surface area contributed by atoms with Gasteiger partial charge in [-0.25, -0.2) is 4.79 Å². The summed E-state index contributed by atoms with van der Waals surface area (Å²) in [6.07, 6.45) is 0.930. The molecule has 1 saturated heterocycles. The van der Waals surface area contributed by atoms with E-state index in [4.69, 9.17) is 16.2 Å². The number of aliphatic hydroxyl groups is 2. The molecule has 6 atom stereocenters. The van der Waals surface area contributed by atoms with Crippen molar-refractivity contribution in [3.05, 3.63) is 64.2 Å². The average Bonchev–Trinajstić information content (AvgIpc) is 3.73. The second-order valence-corrected chi connectivity index (χ2v) is 11.2. The number of hydrogen-bond donors (Lipinski definition) is 8. The Balaban J connectivity index is 1.37. The molecule has 0 radical (unpaired) electrons. The molecule has 0 unspecified atom stereocenters. The fourth-order valence-corrected chi connectivity index (χ4v) is 6.42. The van der Waals surface area contributed by atoms with Gasteiger partial charge in [0.1, 0.15) is 11.8 Å². The quantitative estimate of drug-likeness (QED) is 0.0769. The summed E-state index contributed by atoms with van der Waals surface area (Å²) in [6.45, 7) is 1.73. The van der Waals surface area contributed by atoms with E-state index < -0.39 is 64.7 Å². The van der Waals surface area contributed by atoms with Crippen molar-refractivity contribution in [2.24, 2.45) is 11.5 Å². The van der Waals surface area contributed by atoms with Crippen molar-refractivity contribution in [3.63, 3.8) is 0 Å².